The highest BCUT2D eigenvalue weighted by atomic mass is 19.1. The quantitative estimate of drug-likeness (QED) is 0.725. The normalized spacial score (nSPS) is 10.3. The lowest BCUT2D eigenvalue weighted by molar-refractivity contribution is 0.629. The van der Waals surface area contributed by atoms with Crippen LogP contribution in [0.15, 0.2) is 42.7 Å². The molecule has 1 nitrogen and oxygen atoms in total. The summed E-state index contributed by atoms with van der Waals surface area (Å²) in [6, 6.07) is 9.01. The Morgan fingerprint density at radius 3 is 2.73 bits per heavy atom. The van der Waals surface area contributed by atoms with Gasteiger partial charge in [0.25, 0.3) is 0 Å². The van der Waals surface area contributed by atoms with Crippen molar-refractivity contribution < 1.29 is 4.39 Å². The maximum Gasteiger partial charge on any atom is 0.131 e. The summed E-state index contributed by atoms with van der Waals surface area (Å²) in [5.41, 5.74) is 2.44. The highest BCUT2D eigenvalue weighted by Crippen LogP contribution is 2.22. The number of aromatic nitrogens is 1. The lowest BCUT2D eigenvalue weighted by Crippen LogP contribution is -1.88. The highest BCUT2D eigenvalue weighted by molar-refractivity contribution is 5.63. The van der Waals surface area contributed by atoms with Crippen LogP contribution in [0, 0.1) is 5.82 Å². The first-order valence-corrected chi connectivity index (χ1v) is 5.00. The van der Waals surface area contributed by atoms with E-state index in [0.717, 1.165) is 17.5 Å². The molecule has 2 aromatic rings. The lowest BCUT2D eigenvalue weighted by Gasteiger charge is -2.04. The molecule has 2 heteroatoms. The second-order valence-electron chi connectivity index (χ2n) is 3.41. The molecule has 0 unspecified atom stereocenters. The molecule has 76 valence electrons. The number of nitrogens with zero attached hydrogens (tertiary/aromatic N) is 1. The zero-order chi connectivity index (χ0) is 10.7. The van der Waals surface area contributed by atoms with Crippen LogP contribution in [0.1, 0.15) is 12.5 Å². The van der Waals surface area contributed by atoms with Crippen molar-refractivity contribution in [1.29, 1.82) is 0 Å². The van der Waals surface area contributed by atoms with Gasteiger partial charge < -0.3 is 0 Å². The van der Waals surface area contributed by atoms with E-state index in [1.54, 1.807) is 18.5 Å². The Labute approximate surface area is 88.6 Å². The fourth-order valence-corrected chi connectivity index (χ4v) is 1.53. The maximum absolute atomic E-state index is 13.7. The summed E-state index contributed by atoms with van der Waals surface area (Å²) >= 11 is 0. The summed E-state index contributed by atoms with van der Waals surface area (Å²) in [4.78, 5) is 3.98. The highest BCUT2D eigenvalue weighted by Gasteiger charge is 2.04. The number of pyridine rings is 1. The molecule has 0 saturated carbocycles. The van der Waals surface area contributed by atoms with Crippen LogP contribution in [-0.4, -0.2) is 4.98 Å². The molecule has 0 amide bonds. The number of halogens is 1. The fraction of sp³-hybridized carbons (Fsp3) is 0.154. The average Bonchev–Trinajstić information content (AvgIpc) is 2.30. The SMILES string of the molecule is CCc1ccc(-c2cccnc2)c(F)c1. The number of hydrogen-bond donors (Lipinski definition) is 0. The Balaban J connectivity index is 2.46. The van der Waals surface area contributed by atoms with E-state index in [-0.39, 0.29) is 5.82 Å². The van der Waals surface area contributed by atoms with Crippen LogP contribution in [0.4, 0.5) is 4.39 Å². The van der Waals surface area contributed by atoms with Gasteiger partial charge in [0.2, 0.25) is 0 Å². The zero-order valence-corrected chi connectivity index (χ0v) is 8.57. The summed E-state index contributed by atoms with van der Waals surface area (Å²) in [6.07, 6.45) is 4.20. The molecule has 0 bridgehead atoms. The zero-order valence-electron chi connectivity index (χ0n) is 8.57. The van der Waals surface area contributed by atoms with Crippen molar-refractivity contribution >= 4 is 0 Å². The second-order valence-corrected chi connectivity index (χ2v) is 3.41. The molecule has 0 radical (unpaired) electrons. The standard InChI is InChI=1S/C13H12FN/c1-2-10-5-6-12(13(14)8-10)11-4-3-7-15-9-11/h3-9H,2H2,1H3. The van der Waals surface area contributed by atoms with E-state index < -0.39 is 0 Å². The molecule has 1 heterocycles. The van der Waals surface area contributed by atoms with Crippen LogP contribution in [0.2, 0.25) is 0 Å². The number of benzene rings is 1. The van der Waals surface area contributed by atoms with Crippen LogP contribution >= 0.6 is 0 Å². The minimum absolute atomic E-state index is 0.178. The predicted molar refractivity (Wildman–Crippen MR) is 59.0 cm³/mol. The van der Waals surface area contributed by atoms with Crippen LogP contribution < -0.4 is 0 Å². The van der Waals surface area contributed by atoms with Gasteiger partial charge >= 0.3 is 0 Å². The van der Waals surface area contributed by atoms with Gasteiger partial charge in [-0.25, -0.2) is 4.39 Å². The Bertz CT molecular complexity index is 451. The van der Waals surface area contributed by atoms with E-state index in [0.29, 0.717) is 5.56 Å². The van der Waals surface area contributed by atoms with E-state index in [9.17, 15) is 4.39 Å². The molecule has 1 aromatic heterocycles. The molecule has 2 rings (SSSR count). The first-order valence-electron chi connectivity index (χ1n) is 5.00. The van der Waals surface area contributed by atoms with Gasteiger partial charge in [-0.15, -0.1) is 0 Å². The van der Waals surface area contributed by atoms with Crippen LogP contribution in [0.3, 0.4) is 0 Å². The maximum atomic E-state index is 13.7. The average molecular weight is 201 g/mol. The van der Waals surface area contributed by atoms with Gasteiger partial charge in [0.05, 0.1) is 0 Å². The molecule has 0 N–H and O–H groups in total. The number of rotatable bonds is 2. The third-order valence-corrected chi connectivity index (χ3v) is 2.41. The van der Waals surface area contributed by atoms with E-state index in [4.69, 9.17) is 0 Å². The summed E-state index contributed by atoms with van der Waals surface area (Å²) in [5.74, 6) is -0.178. The summed E-state index contributed by atoms with van der Waals surface area (Å²) in [6.45, 7) is 2.01. The second kappa shape index (κ2) is 4.22. The molecule has 0 atom stereocenters. The van der Waals surface area contributed by atoms with E-state index >= 15 is 0 Å². The third-order valence-electron chi connectivity index (χ3n) is 2.41. The van der Waals surface area contributed by atoms with E-state index in [1.165, 1.54) is 0 Å². The Morgan fingerprint density at radius 2 is 2.13 bits per heavy atom. The van der Waals surface area contributed by atoms with Crippen molar-refractivity contribution in [2.45, 2.75) is 13.3 Å². The molecule has 15 heavy (non-hydrogen) atoms. The predicted octanol–water partition coefficient (Wildman–Crippen LogP) is 3.45. The molecule has 0 aliphatic heterocycles. The minimum atomic E-state index is -0.178. The summed E-state index contributed by atoms with van der Waals surface area (Å²) in [5, 5.41) is 0. The van der Waals surface area contributed by atoms with Gasteiger partial charge in [-0.1, -0.05) is 25.1 Å². The van der Waals surface area contributed by atoms with Crippen molar-refractivity contribution in [3.8, 4) is 11.1 Å². The van der Waals surface area contributed by atoms with Gasteiger partial charge in [0.1, 0.15) is 5.82 Å². The van der Waals surface area contributed by atoms with Crippen LogP contribution in [-0.2, 0) is 6.42 Å². The van der Waals surface area contributed by atoms with E-state index in [1.807, 2.05) is 31.2 Å². The third kappa shape index (κ3) is 2.04. The van der Waals surface area contributed by atoms with E-state index in [2.05, 4.69) is 4.98 Å². The van der Waals surface area contributed by atoms with Gasteiger partial charge in [-0.3, -0.25) is 4.98 Å². The molecule has 0 aliphatic rings. The van der Waals surface area contributed by atoms with Gasteiger partial charge in [0.15, 0.2) is 0 Å². The molecule has 0 saturated heterocycles. The number of aryl methyl sites for hydroxylation is 1. The summed E-state index contributed by atoms with van der Waals surface area (Å²) < 4.78 is 13.7. The first-order chi connectivity index (χ1) is 7.31. The van der Waals surface area contributed by atoms with Crippen molar-refractivity contribution in [3.05, 3.63) is 54.1 Å². The van der Waals surface area contributed by atoms with Crippen LogP contribution in [0.25, 0.3) is 11.1 Å². The van der Waals surface area contributed by atoms with Crippen molar-refractivity contribution in [2.75, 3.05) is 0 Å². The molecule has 0 fully saturated rings. The first kappa shape index (κ1) is 9.84. The fourth-order valence-electron chi connectivity index (χ4n) is 1.53. The minimum Gasteiger partial charge on any atom is -0.264 e. The largest absolute Gasteiger partial charge is 0.264 e. The number of hydrogen-bond acceptors (Lipinski definition) is 1. The molecular weight excluding hydrogens is 189 g/mol. The van der Waals surface area contributed by atoms with Crippen molar-refractivity contribution in [1.82, 2.24) is 4.98 Å². The van der Waals surface area contributed by atoms with Crippen molar-refractivity contribution in [2.24, 2.45) is 0 Å². The molecule has 0 spiro atoms. The lowest BCUT2D eigenvalue weighted by atomic mass is 10.0. The smallest absolute Gasteiger partial charge is 0.131 e. The molecule has 1 aromatic carbocycles. The monoisotopic (exact) mass is 201 g/mol. The summed E-state index contributed by atoms with van der Waals surface area (Å²) in [7, 11) is 0. The molecule has 0 aliphatic carbocycles. The van der Waals surface area contributed by atoms with Crippen LogP contribution in [0.5, 0.6) is 0 Å². The molecular formula is C13H12FN. The Kier molecular flexibility index (Phi) is 2.77. The van der Waals surface area contributed by atoms with Gasteiger partial charge in [0, 0.05) is 23.5 Å². The Hall–Kier alpha value is -1.70. The Morgan fingerprint density at radius 1 is 1.27 bits per heavy atom. The van der Waals surface area contributed by atoms with Gasteiger partial charge in [-0.05, 0) is 24.1 Å². The topological polar surface area (TPSA) is 12.9 Å². The van der Waals surface area contributed by atoms with Crippen molar-refractivity contribution in [3.63, 3.8) is 0 Å². The van der Waals surface area contributed by atoms with Gasteiger partial charge in [-0.2, -0.15) is 0 Å².